The van der Waals surface area contributed by atoms with Gasteiger partial charge in [0, 0.05) is 0 Å². The number of hydrogen-bond donors (Lipinski definition) is 0. The maximum absolute atomic E-state index is 3.88. The normalized spacial score (nSPS) is 15.5. The Morgan fingerprint density at radius 3 is 2.29 bits per heavy atom. The molecule has 0 fully saturated rings. The van der Waals surface area contributed by atoms with E-state index in [4.69, 9.17) is 0 Å². The smallest absolute Gasteiger partial charge is 0.00223 e. The lowest BCUT2D eigenvalue weighted by atomic mass is 9.93. The Balaban J connectivity index is 3.51. The second-order valence-corrected chi connectivity index (χ2v) is 4.68. The number of nitrogens with zero attached hydrogens (tertiary/aromatic N) is 1. The molecule has 0 rings (SSSR count). The van der Waals surface area contributed by atoms with Crippen LogP contribution in [-0.2, 0) is 0 Å². The van der Waals surface area contributed by atoms with E-state index in [1.165, 1.54) is 32.2 Å². The van der Waals surface area contributed by atoms with Gasteiger partial charge in [0.2, 0.25) is 0 Å². The fourth-order valence-corrected chi connectivity index (χ4v) is 1.61. The molecular weight excluding hydrogens is 170 g/mol. The van der Waals surface area contributed by atoms with E-state index >= 15 is 0 Å². The van der Waals surface area contributed by atoms with Crippen molar-refractivity contribution in [3.05, 3.63) is 12.7 Å². The monoisotopic (exact) mass is 197 g/mol. The zero-order valence-corrected chi connectivity index (χ0v) is 10.4. The summed E-state index contributed by atoms with van der Waals surface area (Å²) in [6.07, 6.45) is 7.33. The van der Waals surface area contributed by atoms with Gasteiger partial charge in [-0.2, -0.15) is 0 Å². The lowest BCUT2D eigenvalue weighted by molar-refractivity contribution is 0.339. The minimum Gasteiger partial charge on any atom is -0.309 e. The largest absolute Gasteiger partial charge is 0.309 e. The Hall–Kier alpha value is -0.300. The van der Waals surface area contributed by atoms with E-state index in [-0.39, 0.29) is 0 Å². The van der Waals surface area contributed by atoms with Gasteiger partial charge in [0.25, 0.3) is 0 Å². The second-order valence-electron chi connectivity index (χ2n) is 4.68. The van der Waals surface area contributed by atoms with Crippen molar-refractivity contribution in [1.82, 2.24) is 4.90 Å². The molecule has 1 nitrogen and oxygen atoms in total. The average Bonchev–Trinajstić information content (AvgIpc) is 2.16. The molecule has 0 saturated carbocycles. The van der Waals surface area contributed by atoms with E-state index in [9.17, 15) is 0 Å². The standard InChI is InChI=1S/C13H27N/c1-6-13(7-2)9-8-12(3)10-11-14(4)5/h6,12-13H,1,7-11H2,2-5H3. The topological polar surface area (TPSA) is 3.24 Å². The highest BCUT2D eigenvalue weighted by Gasteiger charge is 2.06. The minimum atomic E-state index is 0.733. The third-order valence-electron chi connectivity index (χ3n) is 2.96. The third-order valence-corrected chi connectivity index (χ3v) is 2.96. The molecule has 0 N–H and O–H groups in total. The zero-order valence-electron chi connectivity index (χ0n) is 10.4. The van der Waals surface area contributed by atoms with Crippen LogP contribution >= 0.6 is 0 Å². The van der Waals surface area contributed by atoms with Crippen LogP contribution in [0, 0.1) is 11.8 Å². The predicted octanol–water partition coefficient (Wildman–Crippen LogP) is 3.57. The fourth-order valence-electron chi connectivity index (χ4n) is 1.61. The van der Waals surface area contributed by atoms with E-state index in [1.807, 2.05) is 0 Å². The van der Waals surface area contributed by atoms with Crippen molar-refractivity contribution in [3.63, 3.8) is 0 Å². The SMILES string of the molecule is C=CC(CC)CCC(C)CCN(C)C. The molecule has 0 aliphatic carbocycles. The van der Waals surface area contributed by atoms with Gasteiger partial charge in [-0.15, -0.1) is 6.58 Å². The molecule has 2 unspecified atom stereocenters. The van der Waals surface area contributed by atoms with Crippen molar-refractivity contribution in [2.75, 3.05) is 20.6 Å². The van der Waals surface area contributed by atoms with Gasteiger partial charge in [-0.1, -0.05) is 26.3 Å². The summed E-state index contributed by atoms with van der Waals surface area (Å²) in [5, 5.41) is 0. The minimum absolute atomic E-state index is 0.733. The molecule has 0 aromatic heterocycles. The van der Waals surface area contributed by atoms with Crippen molar-refractivity contribution in [2.24, 2.45) is 11.8 Å². The molecule has 84 valence electrons. The molecule has 0 heterocycles. The van der Waals surface area contributed by atoms with Crippen LogP contribution in [0.2, 0.25) is 0 Å². The zero-order chi connectivity index (χ0) is 11.0. The van der Waals surface area contributed by atoms with Crippen LogP contribution in [-0.4, -0.2) is 25.5 Å². The summed E-state index contributed by atoms with van der Waals surface area (Å²) in [6, 6.07) is 0. The first-order valence-electron chi connectivity index (χ1n) is 5.87. The molecule has 0 aromatic rings. The van der Waals surface area contributed by atoms with Gasteiger partial charge in [0.05, 0.1) is 0 Å². The quantitative estimate of drug-likeness (QED) is 0.538. The Kier molecular flexibility index (Phi) is 7.87. The van der Waals surface area contributed by atoms with Crippen molar-refractivity contribution < 1.29 is 0 Å². The molecule has 0 aromatic carbocycles. The molecule has 0 bridgehead atoms. The molecule has 1 heteroatoms. The summed E-state index contributed by atoms with van der Waals surface area (Å²) in [4.78, 5) is 2.27. The van der Waals surface area contributed by atoms with E-state index < -0.39 is 0 Å². The molecule has 2 atom stereocenters. The molecule has 0 radical (unpaired) electrons. The van der Waals surface area contributed by atoms with E-state index in [0.717, 1.165) is 11.8 Å². The number of rotatable bonds is 8. The second kappa shape index (κ2) is 8.05. The predicted molar refractivity (Wildman–Crippen MR) is 65.5 cm³/mol. The molecule has 0 aliphatic heterocycles. The van der Waals surface area contributed by atoms with Crippen LogP contribution in [0.15, 0.2) is 12.7 Å². The lowest BCUT2D eigenvalue weighted by Crippen LogP contribution is -2.15. The van der Waals surface area contributed by atoms with Gasteiger partial charge in [-0.3, -0.25) is 0 Å². The molecule has 0 amide bonds. The van der Waals surface area contributed by atoms with E-state index in [0.29, 0.717) is 0 Å². The number of allylic oxidation sites excluding steroid dienone is 1. The molecular formula is C13H27N. The van der Waals surface area contributed by atoms with Crippen molar-refractivity contribution >= 4 is 0 Å². The first-order valence-corrected chi connectivity index (χ1v) is 5.87. The first kappa shape index (κ1) is 13.7. The van der Waals surface area contributed by atoms with Gasteiger partial charge in [0.15, 0.2) is 0 Å². The molecule has 0 aliphatic rings. The van der Waals surface area contributed by atoms with Crippen LogP contribution in [0.5, 0.6) is 0 Å². The Morgan fingerprint density at radius 2 is 1.86 bits per heavy atom. The highest BCUT2D eigenvalue weighted by atomic mass is 15.0. The van der Waals surface area contributed by atoms with Crippen molar-refractivity contribution in [3.8, 4) is 0 Å². The van der Waals surface area contributed by atoms with Crippen LogP contribution in [0.4, 0.5) is 0 Å². The Bertz CT molecular complexity index is 140. The first-order chi connectivity index (χ1) is 6.60. The Labute approximate surface area is 90.2 Å². The highest BCUT2D eigenvalue weighted by molar-refractivity contribution is 4.78. The molecule has 14 heavy (non-hydrogen) atoms. The number of hydrogen-bond acceptors (Lipinski definition) is 1. The van der Waals surface area contributed by atoms with E-state index in [1.54, 1.807) is 0 Å². The van der Waals surface area contributed by atoms with Gasteiger partial charge >= 0.3 is 0 Å². The average molecular weight is 197 g/mol. The fraction of sp³-hybridized carbons (Fsp3) is 0.846. The summed E-state index contributed by atoms with van der Waals surface area (Å²) in [7, 11) is 4.29. The maximum Gasteiger partial charge on any atom is -0.00223 e. The van der Waals surface area contributed by atoms with Crippen molar-refractivity contribution in [2.45, 2.75) is 39.5 Å². The van der Waals surface area contributed by atoms with Crippen LogP contribution in [0.1, 0.15) is 39.5 Å². The summed E-state index contributed by atoms with van der Waals surface area (Å²) in [5.74, 6) is 1.59. The summed E-state index contributed by atoms with van der Waals surface area (Å²) in [6.45, 7) is 9.70. The van der Waals surface area contributed by atoms with Gasteiger partial charge in [-0.05, 0) is 51.7 Å². The van der Waals surface area contributed by atoms with Gasteiger partial charge in [0.1, 0.15) is 0 Å². The van der Waals surface area contributed by atoms with Crippen LogP contribution in [0.25, 0.3) is 0 Å². The highest BCUT2D eigenvalue weighted by Crippen LogP contribution is 2.18. The summed E-state index contributed by atoms with van der Waals surface area (Å²) < 4.78 is 0. The van der Waals surface area contributed by atoms with Gasteiger partial charge < -0.3 is 4.90 Å². The molecule has 0 spiro atoms. The van der Waals surface area contributed by atoms with Crippen LogP contribution < -0.4 is 0 Å². The van der Waals surface area contributed by atoms with Crippen molar-refractivity contribution in [1.29, 1.82) is 0 Å². The third kappa shape index (κ3) is 7.14. The Morgan fingerprint density at radius 1 is 1.21 bits per heavy atom. The van der Waals surface area contributed by atoms with Crippen LogP contribution in [0.3, 0.4) is 0 Å². The summed E-state index contributed by atoms with van der Waals surface area (Å²) in [5.41, 5.74) is 0. The van der Waals surface area contributed by atoms with E-state index in [2.05, 4.69) is 45.5 Å². The lowest BCUT2D eigenvalue weighted by Gasteiger charge is -2.17. The van der Waals surface area contributed by atoms with Gasteiger partial charge in [-0.25, -0.2) is 0 Å². The summed E-state index contributed by atoms with van der Waals surface area (Å²) >= 11 is 0. The maximum atomic E-state index is 3.88. The molecule has 0 saturated heterocycles.